The normalized spacial score (nSPS) is 13.7. The van der Waals surface area contributed by atoms with Gasteiger partial charge in [0.25, 0.3) is 5.91 Å². The molecule has 2 N–H and O–H groups in total. The van der Waals surface area contributed by atoms with Gasteiger partial charge >= 0.3 is 5.97 Å². The molecule has 1 aliphatic carbocycles. The van der Waals surface area contributed by atoms with Gasteiger partial charge in [-0.1, -0.05) is 37.1 Å². The molecule has 1 fully saturated rings. The number of aromatic nitrogens is 2. The third kappa shape index (κ3) is 4.45. The lowest BCUT2D eigenvalue weighted by Crippen LogP contribution is -2.13. The molecule has 1 saturated carbocycles. The summed E-state index contributed by atoms with van der Waals surface area (Å²) in [5, 5.41) is 12.3. The lowest BCUT2D eigenvalue weighted by Gasteiger charge is -2.17. The minimum atomic E-state index is -0.989. The van der Waals surface area contributed by atoms with E-state index in [0.717, 1.165) is 42.6 Å². The second-order valence-corrected chi connectivity index (χ2v) is 8.92. The molecule has 4 aromatic rings. The largest absolute Gasteiger partial charge is 0.478 e. The highest BCUT2D eigenvalue weighted by Gasteiger charge is 2.24. The fourth-order valence-electron chi connectivity index (χ4n) is 4.79. The maximum absolute atomic E-state index is 13.0. The lowest BCUT2D eigenvalue weighted by atomic mass is 10.1. The number of fused-ring (bicyclic) bond motifs is 1. The van der Waals surface area contributed by atoms with Crippen molar-refractivity contribution in [3.63, 3.8) is 0 Å². The van der Waals surface area contributed by atoms with Crippen molar-refractivity contribution in [1.82, 2.24) is 9.55 Å². The summed E-state index contributed by atoms with van der Waals surface area (Å²) in [5.74, 6) is -0.622. The summed E-state index contributed by atoms with van der Waals surface area (Å²) in [6.07, 6.45) is 4.34. The van der Waals surface area contributed by atoms with Crippen molar-refractivity contribution in [2.24, 2.45) is 0 Å². The SMILES string of the molecule is CC(=O)c1cccc(NC(=O)c2cccc(-c3nc4cc(C(=O)O)ccc4n3C3CCCC3)c2)c1. The number of nitrogens with zero attached hydrogens (tertiary/aromatic N) is 2. The molecule has 0 bridgehead atoms. The van der Waals surface area contributed by atoms with E-state index < -0.39 is 5.97 Å². The number of anilines is 1. The minimum absolute atomic E-state index is 0.0695. The first-order valence-electron chi connectivity index (χ1n) is 11.7. The van der Waals surface area contributed by atoms with Crippen LogP contribution in [-0.4, -0.2) is 32.3 Å². The summed E-state index contributed by atoms with van der Waals surface area (Å²) in [4.78, 5) is 41.0. The van der Waals surface area contributed by atoms with Crippen molar-refractivity contribution < 1.29 is 19.5 Å². The molecule has 1 aliphatic rings. The summed E-state index contributed by atoms with van der Waals surface area (Å²) >= 11 is 0. The molecular weight excluding hydrogens is 442 g/mol. The molecule has 1 amide bonds. The number of Topliss-reactive ketones (excluding diaryl/α,β-unsaturated/α-hetero) is 1. The molecule has 0 saturated heterocycles. The second kappa shape index (κ2) is 9.18. The number of benzene rings is 3. The molecule has 176 valence electrons. The summed E-state index contributed by atoms with van der Waals surface area (Å²) in [7, 11) is 0. The number of carboxylic acid groups (broad SMARTS) is 1. The van der Waals surface area contributed by atoms with Crippen molar-refractivity contribution in [3.05, 3.63) is 83.4 Å². The van der Waals surface area contributed by atoms with E-state index in [2.05, 4.69) is 9.88 Å². The summed E-state index contributed by atoms with van der Waals surface area (Å²) < 4.78 is 2.20. The summed E-state index contributed by atoms with van der Waals surface area (Å²) in [6.45, 7) is 1.49. The van der Waals surface area contributed by atoms with Gasteiger partial charge in [0, 0.05) is 28.4 Å². The van der Waals surface area contributed by atoms with E-state index in [9.17, 15) is 19.5 Å². The molecule has 1 aromatic heterocycles. The van der Waals surface area contributed by atoms with Gasteiger partial charge in [-0.25, -0.2) is 9.78 Å². The Balaban J connectivity index is 1.53. The quantitative estimate of drug-likeness (QED) is 0.340. The van der Waals surface area contributed by atoms with E-state index >= 15 is 0 Å². The number of imidazole rings is 1. The number of ketones is 1. The molecule has 7 nitrogen and oxygen atoms in total. The summed E-state index contributed by atoms with van der Waals surface area (Å²) in [5.41, 5.74) is 4.05. The van der Waals surface area contributed by atoms with Crippen LogP contribution >= 0.6 is 0 Å². The lowest BCUT2D eigenvalue weighted by molar-refractivity contribution is 0.0696. The van der Waals surface area contributed by atoms with Crippen LogP contribution in [0.25, 0.3) is 22.4 Å². The smallest absolute Gasteiger partial charge is 0.335 e. The van der Waals surface area contributed by atoms with Crippen molar-refractivity contribution in [1.29, 1.82) is 0 Å². The first kappa shape index (κ1) is 22.5. The number of aromatic carboxylic acids is 1. The first-order valence-corrected chi connectivity index (χ1v) is 11.7. The predicted molar refractivity (Wildman–Crippen MR) is 134 cm³/mol. The number of hydrogen-bond acceptors (Lipinski definition) is 4. The number of carbonyl (C=O) groups excluding carboxylic acids is 2. The molecule has 0 unspecified atom stereocenters. The Morgan fingerprint density at radius 3 is 2.40 bits per heavy atom. The second-order valence-electron chi connectivity index (χ2n) is 8.92. The minimum Gasteiger partial charge on any atom is -0.478 e. The Kier molecular flexibility index (Phi) is 5.91. The molecule has 1 heterocycles. The average Bonchev–Trinajstić information content (AvgIpc) is 3.51. The number of hydrogen-bond donors (Lipinski definition) is 2. The van der Waals surface area contributed by atoms with Crippen LogP contribution in [0.3, 0.4) is 0 Å². The van der Waals surface area contributed by atoms with E-state index in [-0.39, 0.29) is 23.3 Å². The van der Waals surface area contributed by atoms with Crippen LogP contribution in [0.5, 0.6) is 0 Å². The van der Waals surface area contributed by atoms with Gasteiger partial charge in [-0.15, -0.1) is 0 Å². The van der Waals surface area contributed by atoms with E-state index in [0.29, 0.717) is 22.3 Å². The monoisotopic (exact) mass is 467 g/mol. The van der Waals surface area contributed by atoms with Crippen LogP contribution in [-0.2, 0) is 0 Å². The number of nitrogens with one attached hydrogen (secondary N) is 1. The van der Waals surface area contributed by atoms with Crippen molar-refractivity contribution >= 4 is 34.4 Å². The van der Waals surface area contributed by atoms with Gasteiger partial charge in [0.1, 0.15) is 5.82 Å². The standard InChI is InChI=1S/C28H25N3O4/c1-17(32)18-6-5-9-22(15-18)29-27(33)20-8-4-7-19(14-20)26-30-24-16-21(28(34)35)12-13-25(24)31(26)23-10-2-3-11-23/h4-9,12-16,23H,2-3,10-11H2,1H3,(H,29,33)(H,34,35). The number of amides is 1. The molecular formula is C28H25N3O4. The van der Waals surface area contributed by atoms with Crippen molar-refractivity contribution in [2.45, 2.75) is 38.6 Å². The third-order valence-electron chi connectivity index (χ3n) is 6.54. The molecule has 35 heavy (non-hydrogen) atoms. The van der Waals surface area contributed by atoms with Crippen LogP contribution in [0.1, 0.15) is 69.7 Å². The van der Waals surface area contributed by atoms with Gasteiger partial charge in [0.15, 0.2) is 5.78 Å². The highest BCUT2D eigenvalue weighted by atomic mass is 16.4. The van der Waals surface area contributed by atoms with E-state index in [1.54, 1.807) is 48.5 Å². The fourth-order valence-corrected chi connectivity index (χ4v) is 4.79. The van der Waals surface area contributed by atoms with Gasteiger partial charge in [-0.3, -0.25) is 9.59 Å². The maximum Gasteiger partial charge on any atom is 0.335 e. The highest BCUT2D eigenvalue weighted by molar-refractivity contribution is 6.05. The van der Waals surface area contributed by atoms with Crippen LogP contribution in [0.2, 0.25) is 0 Å². The van der Waals surface area contributed by atoms with Crippen molar-refractivity contribution in [2.75, 3.05) is 5.32 Å². The highest BCUT2D eigenvalue weighted by Crippen LogP contribution is 2.37. The third-order valence-corrected chi connectivity index (χ3v) is 6.54. The number of carboxylic acids is 1. The van der Waals surface area contributed by atoms with Gasteiger partial charge in [-0.05, 0) is 62.2 Å². The number of rotatable bonds is 6. The molecule has 5 rings (SSSR count). The summed E-state index contributed by atoms with van der Waals surface area (Å²) in [6, 6.07) is 19.4. The zero-order valence-electron chi connectivity index (χ0n) is 19.3. The molecule has 7 heteroatoms. The predicted octanol–water partition coefficient (Wildman–Crippen LogP) is 5.97. The molecule has 0 spiro atoms. The van der Waals surface area contributed by atoms with Crippen LogP contribution in [0.4, 0.5) is 5.69 Å². The molecule has 0 radical (unpaired) electrons. The van der Waals surface area contributed by atoms with Crippen molar-refractivity contribution in [3.8, 4) is 11.4 Å². The first-order chi connectivity index (χ1) is 16.9. The van der Waals surface area contributed by atoms with Gasteiger partial charge in [0.2, 0.25) is 0 Å². The Morgan fingerprint density at radius 1 is 0.914 bits per heavy atom. The molecule has 0 aliphatic heterocycles. The molecule has 3 aromatic carbocycles. The van der Waals surface area contributed by atoms with Crippen LogP contribution in [0, 0.1) is 0 Å². The van der Waals surface area contributed by atoms with Gasteiger partial charge < -0.3 is 15.0 Å². The fraction of sp³-hybridized carbons (Fsp3) is 0.214. The Morgan fingerprint density at radius 2 is 1.66 bits per heavy atom. The Labute approximate surface area is 202 Å². The van der Waals surface area contributed by atoms with Crippen LogP contribution < -0.4 is 5.32 Å². The van der Waals surface area contributed by atoms with E-state index in [4.69, 9.17) is 4.98 Å². The maximum atomic E-state index is 13.0. The zero-order valence-corrected chi connectivity index (χ0v) is 19.3. The van der Waals surface area contributed by atoms with E-state index in [1.165, 1.54) is 6.92 Å². The average molecular weight is 468 g/mol. The Hall–Kier alpha value is -4.26. The molecule has 0 atom stereocenters. The van der Waals surface area contributed by atoms with Crippen LogP contribution in [0.15, 0.2) is 66.7 Å². The zero-order chi connectivity index (χ0) is 24.5. The number of carbonyl (C=O) groups is 3. The van der Waals surface area contributed by atoms with E-state index in [1.807, 2.05) is 18.2 Å². The topological polar surface area (TPSA) is 101 Å². The van der Waals surface area contributed by atoms with Gasteiger partial charge in [0.05, 0.1) is 16.6 Å². The van der Waals surface area contributed by atoms with Gasteiger partial charge in [-0.2, -0.15) is 0 Å². The Bertz CT molecular complexity index is 1460.